The molecule has 2 aliphatic rings. The van der Waals surface area contributed by atoms with Gasteiger partial charge in [-0.05, 0) is 53.7 Å². The molecule has 0 bridgehead atoms. The summed E-state index contributed by atoms with van der Waals surface area (Å²) in [6.45, 7) is 0.162. The molecule has 3 aromatic carbocycles. The van der Waals surface area contributed by atoms with Crippen molar-refractivity contribution in [3.05, 3.63) is 88.3 Å². The number of nitrogens with zero attached hydrogens (tertiary/aromatic N) is 2. The highest BCUT2D eigenvalue weighted by atomic mass is 35.5. The molecule has 0 aromatic heterocycles. The molecule has 30 heavy (non-hydrogen) atoms. The largest absolute Gasteiger partial charge is 0.454 e. The molecular formula is C23H15ClN2O3S. The summed E-state index contributed by atoms with van der Waals surface area (Å²) in [6.07, 6.45) is 1.76. The maximum atomic E-state index is 13.3. The number of amidine groups is 1. The Morgan fingerprint density at radius 2 is 1.63 bits per heavy atom. The van der Waals surface area contributed by atoms with Crippen molar-refractivity contribution < 1.29 is 14.3 Å². The summed E-state index contributed by atoms with van der Waals surface area (Å²) in [5.41, 5.74) is 2.21. The van der Waals surface area contributed by atoms with Crippen LogP contribution < -0.4 is 14.4 Å². The van der Waals surface area contributed by atoms with Crippen LogP contribution in [0.4, 0.5) is 11.4 Å². The van der Waals surface area contributed by atoms with Crippen molar-refractivity contribution in [3.63, 3.8) is 0 Å². The van der Waals surface area contributed by atoms with Crippen LogP contribution in [0, 0.1) is 0 Å². The minimum atomic E-state index is -0.158. The Morgan fingerprint density at radius 3 is 2.37 bits per heavy atom. The Hall–Kier alpha value is -3.22. The van der Waals surface area contributed by atoms with E-state index in [4.69, 9.17) is 26.1 Å². The third-order valence-corrected chi connectivity index (χ3v) is 5.88. The van der Waals surface area contributed by atoms with E-state index in [0.717, 1.165) is 11.4 Å². The van der Waals surface area contributed by atoms with Crippen molar-refractivity contribution in [3.8, 4) is 11.5 Å². The van der Waals surface area contributed by atoms with Crippen molar-refractivity contribution >= 4 is 51.9 Å². The van der Waals surface area contributed by atoms with Crippen LogP contribution in [0.15, 0.2) is 82.7 Å². The Balaban J connectivity index is 1.57. The van der Waals surface area contributed by atoms with Gasteiger partial charge < -0.3 is 9.47 Å². The fourth-order valence-corrected chi connectivity index (χ4v) is 4.35. The van der Waals surface area contributed by atoms with E-state index >= 15 is 0 Å². The quantitative estimate of drug-likeness (QED) is 0.483. The molecule has 3 aromatic rings. The zero-order valence-electron chi connectivity index (χ0n) is 15.6. The number of benzene rings is 3. The minimum Gasteiger partial charge on any atom is -0.454 e. The van der Waals surface area contributed by atoms with Gasteiger partial charge in [-0.3, -0.25) is 9.69 Å². The maximum absolute atomic E-state index is 13.3. The number of para-hydroxylation sites is 2. The summed E-state index contributed by atoms with van der Waals surface area (Å²) >= 11 is 7.72. The van der Waals surface area contributed by atoms with Crippen LogP contribution in [0.1, 0.15) is 5.56 Å². The van der Waals surface area contributed by atoms with E-state index in [1.165, 1.54) is 11.8 Å². The lowest BCUT2D eigenvalue weighted by Crippen LogP contribution is -2.28. The minimum absolute atomic E-state index is 0.158. The molecule has 1 amide bonds. The average Bonchev–Trinajstić information content (AvgIpc) is 3.33. The van der Waals surface area contributed by atoms with Gasteiger partial charge in [0.05, 0.1) is 21.3 Å². The molecule has 0 aliphatic carbocycles. The number of halogens is 1. The first-order chi connectivity index (χ1) is 14.7. The molecular weight excluding hydrogens is 420 g/mol. The van der Waals surface area contributed by atoms with Gasteiger partial charge in [0.1, 0.15) is 0 Å². The molecule has 5 nitrogen and oxygen atoms in total. The van der Waals surface area contributed by atoms with E-state index in [-0.39, 0.29) is 12.7 Å². The summed E-state index contributed by atoms with van der Waals surface area (Å²) < 4.78 is 10.8. The Kier molecular flexibility index (Phi) is 4.94. The van der Waals surface area contributed by atoms with Crippen molar-refractivity contribution in [2.45, 2.75) is 0 Å². The fourth-order valence-electron chi connectivity index (χ4n) is 3.15. The number of aliphatic imine (C=N–C) groups is 1. The molecule has 7 heteroatoms. The zero-order chi connectivity index (χ0) is 20.5. The smallest absolute Gasteiger partial charge is 0.271 e. The Labute approximate surface area is 182 Å². The molecule has 0 unspecified atom stereocenters. The van der Waals surface area contributed by atoms with Crippen LogP contribution in [-0.2, 0) is 4.79 Å². The van der Waals surface area contributed by atoms with E-state index < -0.39 is 0 Å². The molecule has 1 fully saturated rings. The van der Waals surface area contributed by atoms with E-state index in [0.29, 0.717) is 32.2 Å². The molecule has 0 atom stereocenters. The lowest BCUT2D eigenvalue weighted by molar-refractivity contribution is -0.113. The van der Waals surface area contributed by atoms with E-state index in [1.54, 1.807) is 23.1 Å². The van der Waals surface area contributed by atoms with E-state index in [2.05, 4.69) is 0 Å². The number of fused-ring (bicyclic) bond motifs is 1. The highest BCUT2D eigenvalue weighted by molar-refractivity contribution is 8.19. The zero-order valence-corrected chi connectivity index (χ0v) is 17.2. The van der Waals surface area contributed by atoms with Gasteiger partial charge in [0.2, 0.25) is 6.79 Å². The van der Waals surface area contributed by atoms with Crippen LogP contribution in [0.2, 0.25) is 5.02 Å². The van der Waals surface area contributed by atoms with Crippen molar-refractivity contribution in [2.75, 3.05) is 11.7 Å². The molecule has 5 rings (SSSR count). The predicted octanol–water partition coefficient (Wildman–Crippen LogP) is 5.88. The predicted molar refractivity (Wildman–Crippen MR) is 121 cm³/mol. The third kappa shape index (κ3) is 3.56. The topological polar surface area (TPSA) is 51.1 Å². The lowest BCUT2D eigenvalue weighted by atomic mass is 10.1. The number of amides is 1. The summed E-state index contributed by atoms with van der Waals surface area (Å²) in [7, 11) is 0. The van der Waals surface area contributed by atoms with Crippen LogP contribution in [0.3, 0.4) is 0 Å². The monoisotopic (exact) mass is 434 g/mol. The number of hydrogen-bond acceptors (Lipinski definition) is 5. The number of anilines is 1. The summed E-state index contributed by atoms with van der Waals surface area (Å²) in [4.78, 5) is 20.2. The summed E-state index contributed by atoms with van der Waals surface area (Å²) in [5.74, 6) is 1.05. The SMILES string of the molecule is O=C1/C(=C/c2cc3c(cc2Cl)OCO3)SC(=Nc2ccccc2)N1c1ccccc1. The van der Waals surface area contributed by atoms with Crippen LogP contribution >= 0.6 is 23.4 Å². The number of rotatable bonds is 3. The molecule has 0 spiro atoms. The third-order valence-electron chi connectivity index (χ3n) is 4.58. The van der Waals surface area contributed by atoms with Gasteiger partial charge in [0.15, 0.2) is 16.7 Å². The lowest BCUT2D eigenvalue weighted by Gasteiger charge is -2.15. The first-order valence-corrected chi connectivity index (χ1v) is 10.4. The second kappa shape index (κ2) is 7.89. The first-order valence-electron chi connectivity index (χ1n) is 9.21. The molecule has 0 saturated carbocycles. The molecule has 148 valence electrons. The van der Waals surface area contributed by atoms with Crippen LogP contribution in [-0.4, -0.2) is 17.9 Å². The normalized spacial score (nSPS) is 17.9. The number of hydrogen-bond donors (Lipinski definition) is 0. The molecule has 2 aliphatic heterocycles. The molecule has 0 radical (unpaired) electrons. The first kappa shape index (κ1) is 18.8. The van der Waals surface area contributed by atoms with Crippen molar-refractivity contribution in [1.82, 2.24) is 0 Å². The van der Waals surface area contributed by atoms with Crippen LogP contribution in [0.5, 0.6) is 11.5 Å². The number of thioether (sulfide) groups is 1. The van der Waals surface area contributed by atoms with Gasteiger partial charge in [-0.1, -0.05) is 48.0 Å². The van der Waals surface area contributed by atoms with Gasteiger partial charge in [-0.2, -0.15) is 0 Å². The fraction of sp³-hybridized carbons (Fsp3) is 0.0435. The van der Waals surface area contributed by atoms with Gasteiger partial charge in [0.25, 0.3) is 5.91 Å². The van der Waals surface area contributed by atoms with Crippen molar-refractivity contribution in [2.24, 2.45) is 4.99 Å². The summed E-state index contributed by atoms with van der Waals surface area (Å²) in [6, 6.07) is 22.5. The highest BCUT2D eigenvalue weighted by Crippen LogP contribution is 2.41. The van der Waals surface area contributed by atoms with Gasteiger partial charge in [-0.15, -0.1) is 0 Å². The standard InChI is InChI=1S/C23H15ClN2O3S/c24-18-13-20-19(28-14-29-20)11-15(18)12-21-22(27)26(17-9-5-2-6-10-17)23(30-21)25-16-7-3-1-4-8-16/h1-13H,14H2/b21-12-,25-23?. The van der Waals surface area contributed by atoms with Gasteiger partial charge in [0, 0.05) is 6.07 Å². The Morgan fingerprint density at radius 1 is 0.967 bits per heavy atom. The average molecular weight is 435 g/mol. The van der Waals surface area contributed by atoms with Crippen molar-refractivity contribution in [1.29, 1.82) is 0 Å². The molecule has 2 heterocycles. The second-order valence-corrected chi connectivity index (χ2v) is 7.96. The molecule has 1 saturated heterocycles. The van der Waals surface area contributed by atoms with E-state index in [1.807, 2.05) is 60.7 Å². The number of carbonyl (C=O) groups is 1. The van der Waals surface area contributed by atoms with Gasteiger partial charge >= 0.3 is 0 Å². The van der Waals surface area contributed by atoms with Gasteiger partial charge in [-0.25, -0.2) is 4.99 Å². The number of carbonyl (C=O) groups excluding carboxylic acids is 1. The highest BCUT2D eigenvalue weighted by Gasteiger charge is 2.35. The van der Waals surface area contributed by atoms with Crippen LogP contribution in [0.25, 0.3) is 6.08 Å². The maximum Gasteiger partial charge on any atom is 0.271 e. The second-order valence-electron chi connectivity index (χ2n) is 6.54. The van der Waals surface area contributed by atoms with E-state index in [9.17, 15) is 4.79 Å². The molecule has 0 N–H and O–H groups in total. The Bertz CT molecular complexity index is 1180. The number of ether oxygens (including phenoxy) is 2. The summed E-state index contributed by atoms with van der Waals surface area (Å²) in [5, 5.41) is 1.07.